The predicted octanol–water partition coefficient (Wildman–Crippen LogP) is 6.15. The van der Waals surface area contributed by atoms with Gasteiger partial charge in [-0.3, -0.25) is 4.79 Å². The van der Waals surface area contributed by atoms with Gasteiger partial charge in [0.1, 0.15) is 12.3 Å². The van der Waals surface area contributed by atoms with E-state index >= 15 is 0 Å². The van der Waals surface area contributed by atoms with Crippen molar-refractivity contribution in [3.8, 4) is 17.2 Å². The number of carbonyl (C=O) groups is 1. The van der Waals surface area contributed by atoms with E-state index in [2.05, 4.69) is 37.2 Å². The second kappa shape index (κ2) is 8.49. The number of fused-ring (bicyclic) bond motifs is 1. The zero-order valence-corrected chi connectivity index (χ0v) is 19.1. The van der Waals surface area contributed by atoms with Crippen LogP contribution in [0.1, 0.15) is 5.69 Å². The largest absolute Gasteiger partial charge is 0.480 e. The smallest absolute Gasteiger partial charge is 0.322 e. The number of aromatic nitrogens is 2. The molecule has 8 heteroatoms. The van der Waals surface area contributed by atoms with Crippen molar-refractivity contribution in [2.75, 3.05) is 11.9 Å². The number of carboxylic acids is 1. The van der Waals surface area contributed by atoms with E-state index in [1.54, 1.807) is 12.1 Å². The highest BCUT2D eigenvalue weighted by atomic mass is 79.9. The molecule has 0 saturated heterocycles. The van der Waals surface area contributed by atoms with E-state index in [0.29, 0.717) is 26.1 Å². The number of aliphatic carboxylic acids is 1. The third-order valence-electron chi connectivity index (χ3n) is 4.55. The van der Waals surface area contributed by atoms with E-state index in [0.717, 1.165) is 22.3 Å². The van der Waals surface area contributed by atoms with Crippen LogP contribution in [0.2, 0.25) is 0 Å². The van der Waals surface area contributed by atoms with E-state index in [-0.39, 0.29) is 6.54 Å². The third kappa shape index (κ3) is 4.20. The van der Waals surface area contributed by atoms with Crippen LogP contribution in [-0.4, -0.2) is 27.4 Å². The molecule has 0 saturated carbocycles. The first-order valence-electron chi connectivity index (χ1n) is 9.10. The fourth-order valence-corrected chi connectivity index (χ4v) is 4.48. The van der Waals surface area contributed by atoms with Crippen LogP contribution >= 0.6 is 31.9 Å². The van der Waals surface area contributed by atoms with Crippen molar-refractivity contribution >= 4 is 54.4 Å². The summed E-state index contributed by atoms with van der Waals surface area (Å²) in [5.41, 5.74) is 3.57. The average Bonchev–Trinajstić information content (AvgIpc) is 3.06. The van der Waals surface area contributed by atoms with Crippen LogP contribution in [0, 0.1) is 6.92 Å². The van der Waals surface area contributed by atoms with Crippen molar-refractivity contribution in [1.82, 2.24) is 9.78 Å². The molecule has 4 aromatic rings. The lowest BCUT2D eigenvalue weighted by atomic mass is 10.2. The van der Waals surface area contributed by atoms with E-state index < -0.39 is 5.97 Å². The van der Waals surface area contributed by atoms with Crippen LogP contribution in [-0.2, 0) is 4.79 Å². The molecule has 0 fully saturated rings. The van der Waals surface area contributed by atoms with Crippen molar-refractivity contribution in [2.45, 2.75) is 6.92 Å². The van der Waals surface area contributed by atoms with Gasteiger partial charge in [-0.2, -0.15) is 5.10 Å². The van der Waals surface area contributed by atoms with E-state index in [4.69, 9.17) is 14.9 Å². The number of aryl methyl sites for hydroxylation is 1. The summed E-state index contributed by atoms with van der Waals surface area (Å²) >= 11 is 7.01. The number of nitrogens with zero attached hydrogens (tertiary/aromatic N) is 2. The number of ether oxygens (including phenoxy) is 1. The minimum absolute atomic E-state index is 0.166. The molecule has 0 aliphatic carbocycles. The second-order valence-electron chi connectivity index (χ2n) is 6.63. The molecule has 3 aromatic carbocycles. The molecule has 0 aliphatic heterocycles. The van der Waals surface area contributed by atoms with Crippen LogP contribution < -0.4 is 10.1 Å². The van der Waals surface area contributed by atoms with Crippen LogP contribution in [0.4, 0.5) is 5.69 Å². The number of benzene rings is 3. The summed E-state index contributed by atoms with van der Waals surface area (Å²) in [4.78, 5) is 10.8. The van der Waals surface area contributed by atoms with Gasteiger partial charge in [0, 0.05) is 16.8 Å². The molecule has 0 bridgehead atoms. The molecule has 1 heterocycles. The molecule has 30 heavy (non-hydrogen) atoms. The number of para-hydroxylation sites is 1. The lowest BCUT2D eigenvalue weighted by molar-refractivity contribution is -0.134. The minimum atomic E-state index is -0.928. The zero-order valence-electron chi connectivity index (χ0n) is 15.9. The first-order chi connectivity index (χ1) is 14.4. The highest BCUT2D eigenvalue weighted by Gasteiger charge is 2.14. The first kappa shape index (κ1) is 20.4. The normalized spacial score (nSPS) is 10.9. The lowest BCUT2D eigenvalue weighted by Gasteiger charge is -2.13. The summed E-state index contributed by atoms with van der Waals surface area (Å²) in [5, 5.41) is 17.4. The molecule has 0 atom stereocenters. The molecule has 0 unspecified atom stereocenters. The quantitative estimate of drug-likeness (QED) is 0.313. The summed E-state index contributed by atoms with van der Waals surface area (Å²) in [6.45, 7) is 1.86. The number of rotatable bonds is 6. The van der Waals surface area contributed by atoms with Crippen molar-refractivity contribution in [3.63, 3.8) is 0 Å². The number of hydrogen-bond acceptors (Lipinski definition) is 4. The van der Waals surface area contributed by atoms with Crippen LogP contribution in [0.15, 0.2) is 69.6 Å². The van der Waals surface area contributed by atoms with Gasteiger partial charge in [0.2, 0.25) is 0 Å². The van der Waals surface area contributed by atoms with Gasteiger partial charge in [0.15, 0.2) is 5.75 Å². The number of halogens is 2. The fraction of sp³-hybridized carbons (Fsp3) is 0.0909. The SMILES string of the molecule is Cc1c2cc(Oc3c(Br)cc(NCC(=O)O)cc3Br)ccc2nn1-c1ccccc1. The van der Waals surface area contributed by atoms with E-state index in [9.17, 15) is 4.79 Å². The maximum atomic E-state index is 10.8. The Morgan fingerprint density at radius 3 is 2.47 bits per heavy atom. The van der Waals surface area contributed by atoms with Gasteiger partial charge < -0.3 is 15.2 Å². The molecule has 0 aliphatic rings. The standard InChI is InChI=1S/C22H17Br2N3O3/c1-13-17-11-16(7-8-20(17)26-27(13)15-5-3-2-4-6-15)30-22-18(23)9-14(10-19(22)24)25-12-21(28)29/h2-11,25H,12H2,1H3,(H,28,29). The highest BCUT2D eigenvalue weighted by molar-refractivity contribution is 9.11. The summed E-state index contributed by atoms with van der Waals surface area (Å²) in [6, 6.07) is 19.3. The number of anilines is 1. The Morgan fingerprint density at radius 2 is 1.80 bits per heavy atom. The summed E-state index contributed by atoms with van der Waals surface area (Å²) in [5.74, 6) is 0.344. The van der Waals surface area contributed by atoms with Crippen molar-refractivity contribution < 1.29 is 14.6 Å². The van der Waals surface area contributed by atoms with Gasteiger partial charge in [-0.1, -0.05) is 18.2 Å². The summed E-state index contributed by atoms with van der Waals surface area (Å²) in [6.07, 6.45) is 0. The lowest BCUT2D eigenvalue weighted by Crippen LogP contribution is -2.12. The molecule has 4 rings (SSSR count). The van der Waals surface area contributed by atoms with Gasteiger partial charge in [-0.15, -0.1) is 0 Å². The van der Waals surface area contributed by atoms with Crippen LogP contribution in [0.5, 0.6) is 11.5 Å². The van der Waals surface area contributed by atoms with Crippen molar-refractivity contribution in [3.05, 3.63) is 75.3 Å². The Balaban J connectivity index is 1.64. The zero-order chi connectivity index (χ0) is 21.3. The van der Waals surface area contributed by atoms with Gasteiger partial charge in [0.05, 0.1) is 20.1 Å². The molecule has 2 N–H and O–H groups in total. The molecule has 0 amide bonds. The molecule has 152 valence electrons. The maximum absolute atomic E-state index is 10.8. The summed E-state index contributed by atoms with van der Waals surface area (Å²) in [7, 11) is 0. The van der Waals surface area contributed by atoms with Crippen molar-refractivity contribution in [1.29, 1.82) is 0 Å². The monoisotopic (exact) mass is 529 g/mol. The maximum Gasteiger partial charge on any atom is 0.322 e. The Kier molecular flexibility index (Phi) is 5.78. The Morgan fingerprint density at radius 1 is 1.10 bits per heavy atom. The first-order valence-corrected chi connectivity index (χ1v) is 10.7. The summed E-state index contributed by atoms with van der Waals surface area (Å²) < 4.78 is 9.44. The second-order valence-corrected chi connectivity index (χ2v) is 8.34. The number of hydrogen-bond donors (Lipinski definition) is 2. The number of nitrogens with one attached hydrogen (secondary N) is 1. The molecule has 6 nitrogen and oxygen atoms in total. The molecule has 0 radical (unpaired) electrons. The van der Waals surface area contributed by atoms with Crippen LogP contribution in [0.25, 0.3) is 16.6 Å². The van der Waals surface area contributed by atoms with Gasteiger partial charge in [0.25, 0.3) is 0 Å². The average molecular weight is 531 g/mol. The van der Waals surface area contributed by atoms with Gasteiger partial charge in [-0.05, 0) is 81.2 Å². The number of carboxylic acid groups (broad SMARTS) is 1. The molecule has 1 aromatic heterocycles. The molecular formula is C22H17Br2N3O3. The van der Waals surface area contributed by atoms with Gasteiger partial charge in [-0.25, -0.2) is 4.68 Å². The predicted molar refractivity (Wildman–Crippen MR) is 124 cm³/mol. The fourth-order valence-electron chi connectivity index (χ4n) is 3.13. The third-order valence-corrected chi connectivity index (χ3v) is 5.72. The van der Waals surface area contributed by atoms with E-state index in [1.807, 2.05) is 60.1 Å². The molecular weight excluding hydrogens is 514 g/mol. The Bertz CT molecular complexity index is 1220. The molecule has 0 spiro atoms. The van der Waals surface area contributed by atoms with Gasteiger partial charge >= 0.3 is 5.97 Å². The van der Waals surface area contributed by atoms with Crippen LogP contribution in [0.3, 0.4) is 0 Å². The Labute approximate surface area is 189 Å². The topological polar surface area (TPSA) is 76.4 Å². The van der Waals surface area contributed by atoms with E-state index in [1.165, 1.54) is 0 Å². The van der Waals surface area contributed by atoms with Crippen molar-refractivity contribution in [2.24, 2.45) is 0 Å². The Hall–Kier alpha value is -2.84. The highest BCUT2D eigenvalue weighted by Crippen LogP contribution is 2.40. The minimum Gasteiger partial charge on any atom is -0.480 e.